The van der Waals surface area contributed by atoms with E-state index in [0.717, 1.165) is 16.9 Å². The Kier molecular flexibility index (Phi) is 4.60. The molecule has 0 saturated carbocycles. The second kappa shape index (κ2) is 6.96. The summed E-state index contributed by atoms with van der Waals surface area (Å²) in [5.74, 6) is 0.198. The third kappa shape index (κ3) is 3.04. The maximum Gasteiger partial charge on any atom is 0.348 e. The van der Waals surface area contributed by atoms with Crippen LogP contribution in [-0.4, -0.2) is 21.0 Å². The van der Waals surface area contributed by atoms with Crippen LogP contribution in [0.25, 0.3) is 0 Å². The number of rotatable bonds is 4. The van der Waals surface area contributed by atoms with Gasteiger partial charge in [0.2, 0.25) is 0 Å². The molecule has 3 aromatic rings. The average Bonchev–Trinajstić information content (AvgIpc) is 3.10. The van der Waals surface area contributed by atoms with E-state index < -0.39 is 16.0 Å². The molecule has 0 atom stereocenters. The Morgan fingerprint density at radius 2 is 1.82 bits per heavy atom. The first-order valence-corrected chi connectivity index (χ1v) is 10.9. The van der Waals surface area contributed by atoms with Crippen molar-refractivity contribution in [2.75, 3.05) is 10.9 Å². The highest BCUT2D eigenvalue weighted by molar-refractivity contribution is 7.93. The molecule has 6 nitrogen and oxygen atoms in total. The van der Waals surface area contributed by atoms with Crippen LogP contribution >= 0.6 is 11.3 Å². The molecule has 4 rings (SSSR count). The third-order valence-corrected chi connectivity index (χ3v) is 7.13. The molecule has 0 spiro atoms. The second-order valence-corrected chi connectivity index (χ2v) is 8.97. The summed E-state index contributed by atoms with van der Waals surface area (Å²) < 4.78 is 39.1. The van der Waals surface area contributed by atoms with E-state index in [0.29, 0.717) is 22.2 Å². The van der Waals surface area contributed by atoms with E-state index in [1.54, 1.807) is 55.5 Å². The highest BCUT2D eigenvalue weighted by Gasteiger charge is 2.37. The molecule has 1 aliphatic rings. The summed E-state index contributed by atoms with van der Waals surface area (Å²) in [6.45, 7) is 3.84. The number of aryl methyl sites for hydroxylation is 1. The van der Waals surface area contributed by atoms with Gasteiger partial charge >= 0.3 is 5.97 Å². The molecule has 0 bridgehead atoms. The van der Waals surface area contributed by atoms with E-state index in [9.17, 15) is 13.2 Å². The summed E-state index contributed by atoms with van der Waals surface area (Å²) in [5.41, 5.74) is 1.36. The van der Waals surface area contributed by atoms with E-state index >= 15 is 0 Å². The molecule has 0 amide bonds. The van der Waals surface area contributed by atoms with Crippen LogP contribution in [0.5, 0.6) is 11.5 Å². The molecule has 0 aliphatic carbocycles. The van der Waals surface area contributed by atoms with Gasteiger partial charge in [-0.25, -0.2) is 17.5 Å². The smallest absolute Gasteiger partial charge is 0.348 e. The van der Waals surface area contributed by atoms with Crippen LogP contribution in [0.4, 0.5) is 10.7 Å². The molecule has 144 valence electrons. The minimum absolute atomic E-state index is 0.159. The van der Waals surface area contributed by atoms with E-state index in [1.807, 2.05) is 6.92 Å². The number of carbonyl (C=O) groups is 1. The minimum Gasteiger partial charge on any atom is -0.462 e. The van der Waals surface area contributed by atoms with Crippen molar-refractivity contribution < 1.29 is 22.7 Å². The fourth-order valence-electron chi connectivity index (χ4n) is 2.88. The van der Waals surface area contributed by atoms with Gasteiger partial charge in [0.1, 0.15) is 10.6 Å². The van der Waals surface area contributed by atoms with Crippen molar-refractivity contribution in [2.24, 2.45) is 0 Å². The van der Waals surface area contributed by atoms with Crippen LogP contribution in [0.2, 0.25) is 0 Å². The van der Waals surface area contributed by atoms with Gasteiger partial charge in [-0.1, -0.05) is 29.8 Å². The largest absolute Gasteiger partial charge is 0.462 e. The lowest BCUT2D eigenvalue weighted by Crippen LogP contribution is -2.27. The number of fused-ring (bicyclic) bond motifs is 2. The SMILES string of the molecule is CCOC(=O)c1cc2c(s1)N(S(=O)(=O)c1ccc(C)cc1)c1ccccc1O2. The zero-order chi connectivity index (χ0) is 19.9. The molecule has 2 aromatic carbocycles. The number of esters is 1. The Bertz CT molecular complexity index is 1150. The van der Waals surface area contributed by atoms with Gasteiger partial charge in [0.25, 0.3) is 10.0 Å². The number of benzene rings is 2. The van der Waals surface area contributed by atoms with Crippen LogP contribution in [0.1, 0.15) is 22.2 Å². The second-order valence-electron chi connectivity index (χ2n) is 6.15. The molecular formula is C20H17NO5S2. The lowest BCUT2D eigenvalue weighted by atomic mass is 10.2. The summed E-state index contributed by atoms with van der Waals surface area (Å²) in [4.78, 5) is 12.6. The molecule has 2 heterocycles. The molecule has 1 aliphatic heterocycles. The topological polar surface area (TPSA) is 72.9 Å². The Labute approximate surface area is 167 Å². The summed E-state index contributed by atoms with van der Waals surface area (Å²) in [6, 6.07) is 15.0. The Morgan fingerprint density at radius 1 is 1.11 bits per heavy atom. The number of ether oxygens (including phenoxy) is 2. The number of carbonyl (C=O) groups excluding carboxylic acids is 1. The molecular weight excluding hydrogens is 398 g/mol. The number of thiophene rings is 1. The summed E-state index contributed by atoms with van der Waals surface area (Å²) in [7, 11) is -3.92. The zero-order valence-electron chi connectivity index (χ0n) is 15.2. The highest BCUT2D eigenvalue weighted by atomic mass is 32.2. The normalized spacial score (nSPS) is 12.7. The number of hydrogen-bond acceptors (Lipinski definition) is 6. The number of hydrogen-bond donors (Lipinski definition) is 0. The number of para-hydroxylation sites is 2. The molecule has 0 radical (unpaired) electrons. The first-order valence-electron chi connectivity index (χ1n) is 8.61. The van der Waals surface area contributed by atoms with Gasteiger partial charge < -0.3 is 9.47 Å². The van der Waals surface area contributed by atoms with Gasteiger partial charge in [0.05, 0.1) is 11.5 Å². The molecule has 0 unspecified atom stereocenters. The fourth-order valence-corrected chi connectivity index (χ4v) is 5.59. The van der Waals surface area contributed by atoms with Crippen molar-refractivity contribution in [1.29, 1.82) is 0 Å². The molecule has 1 aromatic heterocycles. The first kappa shape index (κ1) is 18.5. The molecule has 8 heteroatoms. The fraction of sp³-hybridized carbons (Fsp3) is 0.150. The van der Waals surface area contributed by atoms with Crippen LogP contribution in [-0.2, 0) is 14.8 Å². The standard InChI is InChI=1S/C20H17NO5S2/c1-3-25-20(22)18-12-17-19(27-18)21(15-6-4-5-7-16(15)26-17)28(23,24)14-10-8-13(2)9-11-14/h4-12H,3H2,1-2H3. The van der Waals surface area contributed by atoms with Crippen LogP contribution in [0, 0.1) is 6.92 Å². The maximum absolute atomic E-state index is 13.5. The number of sulfonamides is 1. The highest BCUT2D eigenvalue weighted by Crippen LogP contribution is 2.53. The van der Waals surface area contributed by atoms with E-state index in [4.69, 9.17) is 9.47 Å². The quantitative estimate of drug-likeness (QED) is 0.569. The predicted octanol–water partition coefficient (Wildman–Crippen LogP) is 4.87. The van der Waals surface area contributed by atoms with Crippen molar-refractivity contribution >= 4 is 38.0 Å². The maximum atomic E-state index is 13.5. The Morgan fingerprint density at radius 3 is 2.54 bits per heavy atom. The van der Waals surface area contributed by atoms with Crippen molar-refractivity contribution in [3.63, 3.8) is 0 Å². The van der Waals surface area contributed by atoms with Gasteiger partial charge in [-0.15, -0.1) is 11.3 Å². The third-order valence-electron chi connectivity index (χ3n) is 4.20. The minimum atomic E-state index is -3.92. The van der Waals surface area contributed by atoms with Crippen LogP contribution in [0.15, 0.2) is 59.5 Å². The van der Waals surface area contributed by atoms with Gasteiger partial charge in [0, 0.05) is 6.07 Å². The summed E-state index contributed by atoms with van der Waals surface area (Å²) in [6.07, 6.45) is 0. The predicted molar refractivity (Wildman–Crippen MR) is 107 cm³/mol. The molecule has 0 saturated heterocycles. The summed E-state index contributed by atoms with van der Waals surface area (Å²) in [5, 5.41) is 0.322. The number of nitrogens with zero attached hydrogens (tertiary/aromatic N) is 1. The van der Waals surface area contributed by atoms with E-state index in [1.165, 1.54) is 10.4 Å². The van der Waals surface area contributed by atoms with Crippen molar-refractivity contribution in [2.45, 2.75) is 18.7 Å². The van der Waals surface area contributed by atoms with Gasteiger partial charge in [-0.3, -0.25) is 0 Å². The zero-order valence-corrected chi connectivity index (χ0v) is 16.8. The van der Waals surface area contributed by atoms with Crippen LogP contribution in [0.3, 0.4) is 0 Å². The lowest BCUT2D eigenvalue weighted by molar-refractivity contribution is 0.0532. The van der Waals surface area contributed by atoms with Crippen molar-refractivity contribution in [1.82, 2.24) is 0 Å². The van der Waals surface area contributed by atoms with Gasteiger partial charge in [0.15, 0.2) is 16.5 Å². The number of anilines is 2. The molecule has 28 heavy (non-hydrogen) atoms. The molecule has 0 fully saturated rings. The van der Waals surface area contributed by atoms with Crippen molar-refractivity contribution in [3.8, 4) is 11.5 Å². The van der Waals surface area contributed by atoms with E-state index in [2.05, 4.69) is 0 Å². The van der Waals surface area contributed by atoms with Gasteiger partial charge in [-0.2, -0.15) is 0 Å². The lowest BCUT2D eigenvalue weighted by Gasteiger charge is -2.29. The Balaban J connectivity index is 1.89. The van der Waals surface area contributed by atoms with E-state index in [-0.39, 0.29) is 16.4 Å². The van der Waals surface area contributed by atoms with Gasteiger partial charge in [-0.05, 0) is 38.1 Å². The molecule has 0 N–H and O–H groups in total. The monoisotopic (exact) mass is 415 g/mol. The Hall–Kier alpha value is -2.84. The van der Waals surface area contributed by atoms with Crippen molar-refractivity contribution in [3.05, 3.63) is 65.0 Å². The average molecular weight is 415 g/mol. The first-order chi connectivity index (χ1) is 13.4. The van der Waals surface area contributed by atoms with Crippen LogP contribution < -0.4 is 9.04 Å². The summed E-state index contributed by atoms with van der Waals surface area (Å²) >= 11 is 1.03.